The number of nitrogens with two attached hydrogens (primary N) is 1. The van der Waals surface area contributed by atoms with Gasteiger partial charge < -0.3 is 11.1 Å². The molecular weight excluding hydrogens is 276 g/mol. The molecular formula is C9H11BrN4O2. The van der Waals surface area contributed by atoms with Crippen LogP contribution in [0.4, 0.5) is 11.4 Å². The number of hydrogen-bond acceptors (Lipinski definition) is 5. The summed E-state index contributed by atoms with van der Waals surface area (Å²) in [4.78, 5) is 14.1. The third-order valence-electron chi connectivity index (χ3n) is 2.60. The highest BCUT2D eigenvalue weighted by atomic mass is 79.9. The molecule has 16 heavy (non-hydrogen) atoms. The van der Waals surface area contributed by atoms with Crippen LogP contribution in [0.5, 0.6) is 0 Å². The van der Waals surface area contributed by atoms with Crippen molar-refractivity contribution in [3.63, 3.8) is 0 Å². The van der Waals surface area contributed by atoms with Gasteiger partial charge in [0, 0.05) is 18.3 Å². The van der Waals surface area contributed by atoms with Crippen molar-refractivity contribution >= 4 is 27.3 Å². The number of nitro groups is 1. The van der Waals surface area contributed by atoms with E-state index in [0.717, 1.165) is 12.8 Å². The van der Waals surface area contributed by atoms with Gasteiger partial charge in [0.2, 0.25) is 0 Å². The minimum absolute atomic E-state index is 0.0187. The van der Waals surface area contributed by atoms with E-state index >= 15 is 0 Å². The summed E-state index contributed by atoms with van der Waals surface area (Å²) in [5.74, 6) is 0. The Morgan fingerprint density at radius 3 is 2.81 bits per heavy atom. The average Bonchev–Trinajstić information content (AvgIpc) is 2.18. The minimum atomic E-state index is -0.446. The van der Waals surface area contributed by atoms with Gasteiger partial charge in [0.05, 0.1) is 9.40 Å². The second-order valence-corrected chi connectivity index (χ2v) is 4.70. The van der Waals surface area contributed by atoms with E-state index in [2.05, 4.69) is 26.2 Å². The summed E-state index contributed by atoms with van der Waals surface area (Å²) in [5.41, 5.74) is 6.13. The zero-order chi connectivity index (χ0) is 11.7. The van der Waals surface area contributed by atoms with Crippen molar-refractivity contribution in [3.8, 4) is 0 Å². The molecule has 7 heteroatoms. The molecule has 0 spiro atoms. The van der Waals surface area contributed by atoms with E-state index < -0.39 is 4.92 Å². The first-order valence-corrected chi connectivity index (χ1v) is 5.67. The Hall–Kier alpha value is -1.21. The van der Waals surface area contributed by atoms with Gasteiger partial charge in [-0.25, -0.2) is 0 Å². The number of pyridine rings is 1. The van der Waals surface area contributed by atoms with Crippen molar-refractivity contribution in [2.75, 3.05) is 5.32 Å². The fourth-order valence-electron chi connectivity index (χ4n) is 1.69. The Labute approximate surface area is 101 Å². The number of anilines is 1. The standard InChI is InChI=1S/C9H11BrN4O2/c10-7-3-12-4-8(14(15)16)9(7)13-6-1-5(11)2-6/h3-6H,1-2,11H2,(H,12,13). The lowest BCUT2D eigenvalue weighted by Crippen LogP contribution is -2.44. The van der Waals surface area contributed by atoms with Crippen LogP contribution in [0.15, 0.2) is 16.9 Å². The maximum absolute atomic E-state index is 10.8. The van der Waals surface area contributed by atoms with E-state index in [1.165, 1.54) is 12.4 Å². The van der Waals surface area contributed by atoms with E-state index in [0.29, 0.717) is 10.2 Å². The Balaban J connectivity index is 2.21. The van der Waals surface area contributed by atoms with Crippen LogP contribution in [-0.2, 0) is 0 Å². The van der Waals surface area contributed by atoms with Crippen molar-refractivity contribution in [3.05, 3.63) is 27.0 Å². The molecule has 0 bridgehead atoms. The van der Waals surface area contributed by atoms with Crippen LogP contribution in [0.1, 0.15) is 12.8 Å². The van der Waals surface area contributed by atoms with Crippen LogP contribution in [0.2, 0.25) is 0 Å². The van der Waals surface area contributed by atoms with Gasteiger partial charge in [0.1, 0.15) is 11.9 Å². The van der Waals surface area contributed by atoms with Crippen LogP contribution in [0, 0.1) is 10.1 Å². The highest BCUT2D eigenvalue weighted by molar-refractivity contribution is 9.10. The molecule has 3 N–H and O–H groups in total. The summed E-state index contributed by atoms with van der Waals surface area (Å²) >= 11 is 3.25. The van der Waals surface area contributed by atoms with Crippen molar-refractivity contribution in [2.24, 2.45) is 5.73 Å². The third-order valence-corrected chi connectivity index (χ3v) is 3.20. The lowest BCUT2D eigenvalue weighted by molar-refractivity contribution is -0.384. The van der Waals surface area contributed by atoms with Crippen molar-refractivity contribution in [1.29, 1.82) is 0 Å². The molecule has 1 aliphatic carbocycles. The van der Waals surface area contributed by atoms with E-state index in [9.17, 15) is 10.1 Å². The summed E-state index contributed by atoms with van der Waals surface area (Å²) in [6.45, 7) is 0. The van der Waals surface area contributed by atoms with Crippen LogP contribution >= 0.6 is 15.9 Å². The molecule has 1 aromatic rings. The lowest BCUT2D eigenvalue weighted by atomic mass is 9.87. The maximum atomic E-state index is 10.8. The van der Waals surface area contributed by atoms with Crippen LogP contribution in [0.25, 0.3) is 0 Å². The lowest BCUT2D eigenvalue weighted by Gasteiger charge is -2.33. The van der Waals surface area contributed by atoms with Crippen molar-refractivity contribution in [1.82, 2.24) is 4.98 Å². The number of rotatable bonds is 3. The molecule has 86 valence electrons. The average molecular weight is 287 g/mol. The first-order chi connectivity index (χ1) is 7.58. The molecule has 0 aliphatic heterocycles. The highest BCUT2D eigenvalue weighted by Gasteiger charge is 2.28. The predicted molar refractivity (Wildman–Crippen MR) is 63.2 cm³/mol. The van der Waals surface area contributed by atoms with E-state index in [1.54, 1.807) is 0 Å². The monoisotopic (exact) mass is 286 g/mol. The molecule has 0 amide bonds. The molecule has 0 radical (unpaired) electrons. The van der Waals surface area contributed by atoms with Gasteiger partial charge in [0.15, 0.2) is 0 Å². The Morgan fingerprint density at radius 1 is 1.56 bits per heavy atom. The first-order valence-electron chi connectivity index (χ1n) is 4.88. The summed E-state index contributed by atoms with van der Waals surface area (Å²) in [5, 5.41) is 13.9. The van der Waals surface area contributed by atoms with Gasteiger partial charge in [-0.1, -0.05) is 0 Å². The normalized spacial score (nSPS) is 23.6. The van der Waals surface area contributed by atoms with E-state index in [4.69, 9.17) is 5.73 Å². The quantitative estimate of drug-likeness (QED) is 0.651. The SMILES string of the molecule is NC1CC(Nc2c(Br)cncc2[N+](=O)[O-])C1. The second kappa shape index (κ2) is 4.34. The molecule has 1 aromatic heterocycles. The van der Waals surface area contributed by atoms with Crippen LogP contribution in [0.3, 0.4) is 0 Å². The van der Waals surface area contributed by atoms with Crippen molar-refractivity contribution < 1.29 is 4.92 Å². The number of nitrogens with zero attached hydrogens (tertiary/aromatic N) is 2. The molecule has 0 atom stereocenters. The molecule has 1 fully saturated rings. The van der Waals surface area contributed by atoms with Gasteiger partial charge in [-0.05, 0) is 28.8 Å². The third kappa shape index (κ3) is 2.14. The summed E-state index contributed by atoms with van der Waals surface area (Å²) in [7, 11) is 0. The number of hydrogen-bond donors (Lipinski definition) is 2. The zero-order valence-electron chi connectivity index (χ0n) is 8.39. The molecule has 0 aromatic carbocycles. The van der Waals surface area contributed by atoms with E-state index in [-0.39, 0.29) is 17.8 Å². The molecule has 1 heterocycles. The Kier molecular flexibility index (Phi) is 3.06. The predicted octanol–water partition coefficient (Wildman–Crippen LogP) is 1.65. The maximum Gasteiger partial charge on any atom is 0.311 e. The molecule has 0 unspecified atom stereocenters. The topological polar surface area (TPSA) is 94.1 Å². The van der Waals surface area contributed by atoms with Crippen LogP contribution in [-0.4, -0.2) is 22.0 Å². The Morgan fingerprint density at radius 2 is 2.25 bits per heavy atom. The fourth-order valence-corrected chi connectivity index (χ4v) is 2.13. The highest BCUT2D eigenvalue weighted by Crippen LogP contribution is 2.34. The molecule has 2 rings (SSSR count). The molecule has 6 nitrogen and oxygen atoms in total. The van der Waals surface area contributed by atoms with Gasteiger partial charge in [0.25, 0.3) is 0 Å². The molecule has 0 saturated heterocycles. The number of halogens is 1. The largest absolute Gasteiger partial charge is 0.376 e. The summed E-state index contributed by atoms with van der Waals surface area (Å²) in [6.07, 6.45) is 4.46. The van der Waals surface area contributed by atoms with Crippen LogP contribution < -0.4 is 11.1 Å². The second-order valence-electron chi connectivity index (χ2n) is 3.85. The summed E-state index contributed by atoms with van der Waals surface area (Å²) in [6, 6.07) is 0.421. The number of nitrogens with one attached hydrogen (secondary N) is 1. The summed E-state index contributed by atoms with van der Waals surface area (Å²) < 4.78 is 0.599. The van der Waals surface area contributed by atoms with Crippen molar-refractivity contribution in [2.45, 2.75) is 24.9 Å². The van der Waals surface area contributed by atoms with Gasteiger partial charge >= 0.3 is 5.69 Å². The zero-order valence-corrected chi connectivity index (χ0v) is 9.98. The van der Waals surface area contributed by atoms with Gasteiger partial charge in [-0.2, -0.15) is 0 Å². The van der Waals surface area contributed by atoms with Gasteiger partial charge in [-0.15, -0.1) is 0 Å². The van der Waals surface area contributed by atoms with Gasteiger partial charge in [-0.3, -0.25) is 15.1 Å². The van der Waals surface area contributed by atoms with E-state index in [1.807, 2.05) is 0 Å². The number of aromatic nitrogens is 1. The minimum Gasteiger partial charge on any atom is -0.376 e. The first kappa shape index (κ1) is 11.3. The molecule has 1 saturated carbocycles. The Bertz CT molecular complexity index is 420. The fraction of sp³-hybridized carbons (Fsp3) is 0.444. The smallest absolute Gasteiger partial charge is 0.311 e. The molecule has 1 aliphatic rings.